The molecule has 0 saturated carbocycles. The largest absolute Gasteiger partial charge is 0.508 e. The summed E-state index contributed by atoms with van der Waals surface area (Å²) < 4.78 is 38.4. The van der Waals surface area contributed by atoms with Crippen LogP contribution in [-0.4, -0.2) is 10.9 Å². The minimum Gasteiger partial charge on any atom is -0.508 e. The molecule has 3 rings (SSSR count). The Hall–Kier alpha value is -3.08. The van der Waals surface area contributed by atoms with Gasteiger partial charge in [-0.25, -0.2) is 0 Å². The van der Waals surface area contributed by atoms with Crippen molar-refractivity contribution in [2.24, 2.45) is 0 Å². The molecule has 0 atom stereocenters. The van der Waals surface area contributed by atoms with Gasteiger partial charge < -0.3 is 5.11 Å². The Morgan fingerprint density at radius 2 is 1.24 bits per heavy atom. The molecule has 2 nitrogen and oxygen atoms in total. The summed E-state index contributed by atoms with van der Waals surface area (Å²) in [4.78, 5) is 11.3. The van der Waals surface area contributed by atoms with Crippen molar-refractivity contribution in [2.75, 3.05) is 0 Å². The second-order valence-electron chi connectivity index (χ2n) is 5.52. The van der Waals surface area contributed by atoms with E-state index >= 15 is 0 Å². The van der Waals surface area contributed by atoms with Crippen LogP contribution in [0.2, 0.25) is 0 Å². The molecular weight excluding hydrogens is 329 g/mol. The molecule has 0 radical (unpaired) electrons. The first kappa shape index (κ1) is 16.8. The summed E-state index contributed by atoms with van der Waals surface area (Å²) in [5, 5.41) is 9.47. The Labute approximate surface area is 142 Å². The van der Waals surface area contributed by atoms with Crippen LogP contribution in [0.4, 0.5) is 13.2 Å². The topological polar surface area (TPSA) is 37.3 Å². The number of phenols is 1. The molecule has 2 aromatic rings. The fourth-order valence-electron chi connectivity index (χ4n) is 2.58. The third-order valence-corrected chi connectivity index (χ3v) is 3.80. The van der Waals surface area contributed by atoms with E-state index in [1.807, 2.05) is 0 Å². The number of carbonyl (C=O) groups is 1. The molecule has 5 heteroatoms. The zero-order valence-corrected chi connectivity index (χ0v) is 12.9. The van der Waals surface area contributed by atoms with Crippen molar-refractivity contribution >= 4 is 11.4 Å². The molecule has 0 heterocycles. The van der Waals surface area contributed by atoms with Crippen LogP contribution in [0.25, 0.3) is 5.57 Å². The average molecular weight is 342 g/mol. The lowest BCUT2D eigenvalue weighted by molar-refractivity contribution is -0.137. The number of carbonyl (C=O) groups excluding carboxylic acids is 1. The Balaban J connectivity index is 2.14. The molecule has 0 fully saturated rings. The van der Waals surface area contributed by atoms with Gasteiger partial charge in [0.2, 0.25) is 0 Å². The third kappa shape index (κ3) is 3.71. The predicted molar refractivity (Wildman–Crippen MR) is 88.9 cm³/mol. The van der Waals surface area contributed by atoms with E-state index in [0.717, 1.165) is 17.7 Å². The number of phenolic OH excluding ortho intramolecular Hbond substituents is 1. The van der Waals surface area contributed by atoms with Crippen molar-refractivity contribution in [3.05, 3.63) is 95.1 Å². The minimum absolute atomic E-state index is 0.0884. The van der Waals surface area contributed by atoms with Gasteiger partial charge >= 0.3 is 6.18 Å². The van der Waals surface area contributed by atoms with Gasteiger partial charge in [-0.05, 0) is 58.7 Å². The molecule has 2 aromatic carbocycles. The summed E-state index contributed by atoms with van der Waals surface area (Å²) in [5.41, 5.74) is 1.95. The lowest BCUT2D eigenvalue weighted by atomic mass is 9.90. The van der Waals surface area contributed by atoms with Gasteiger partial charge in [0.15, 0.2) is 5.78 Å². The smallest absolute Gasteiger partial charge is 0.416 e. The second kappa shape index (κ2) is 6.43. The minimum atomic E-state index is -4.40. The molecule has 0 aromatic heterocycles. The fourth-order valence-corrected chi connectivity index (χ4v) is 2.58. The number of ketones is 1. The number of hydrogen-bond acceptors (Lipinski definition) is 2. The summed E-state index contributed by atoms with van der Waals surface area (Å²) in [7, 11) is 0. The van der Waals surface area contributed by atoms with E-state index in [4.69, 9.17) is 0 Å². The van der Waals surface area contributed by atoms with Crippen LogP contribution in [-0.2, 0) is 11.0 Å². The standard InChI is InChI=1S/C20H13F3O2/c21-20(22,23)16-7-1-13(2-8-16)19(14-3-9-17(24)10-4-14)15-5-11-18(25)12-6-15/h1-12,24H. The van der Waals surface area contributed by atoms with Crippen LogP contribution in [0.15, 0.2) is 78.4 Å². The molecule has 1 N–H and O–H groups in total. The Bertz CT molecular complexity index is 866. The van der Waals surface area contributed by atoms with Crippen LogP contribution in [0.3, 0.4) is 0 Å². The van der Waals surface area contributed by atoms with Gasteiger partial charge in [-0.2, -0.15) is 13.2 Å². The van der Waals surface area contributed by atoms with Crippen LogP contribution in [0.5, 0.6) is 5.75 Å². The molecule has 25 heavy (non-hydrogen) atoms. The molecule has 0 bridgehead atoms. The van der Waals surface area contributed by atoms with E-state index in [1.54, 1.807) is 24.3 Å². The number of halogens is 3. The van der Waals surface area contributed by atoms with Gasteiger partial charge in [-0.15, -0.1) is 0 Å². The molecule has 126 valence electrons. The lowest BCUT2D eigenvalue weighted by Gasteiger charge is -2.14. The average Bonchev–Trinajstić information content (AvgIpc) is 2.58. The molecular formula is C20H13F3O2. The van der Waals surface area contributed by atoms with E-state index in [1.165, 1.54) is 36.4 Å². The molecule has 0 aliphatic heterocycles. The molecule has 1 aliphatic rings. The summed E-state index contributed by atoms with van der Waals surface area (Å²) in [6.07, 6.45) is 1.66. The van der Waals surface area contributed by atoms with Gasteiger partial charge in [-0.3, -0.25) is 4.79 Å². The van der Waals surface area contributed by atoms with Gasteiger partial charge in [0.05, 0.1) is 5.56 Å². The second-order valence-corrected chi connectivity index (χ2v) is 5.52. The number of hydrogen-bond donors (Lipinski definition) is 1. The van der Waals surface area contributed by atoms with Crippen molar-refractivity contribution in [2.45, 2.75) is 6.18 Å². The maximum atomic E-state index is 12.8. The summed E-state index contributed by atoms with van der Waals surface area (Å²) >= 11 is 0. The third-order valence-electron chi connectivity index (χ3n) is 3.80. The Morgan fingerprint density at radius 1 is 0.760 bits per heavy atom. The van der Waals surface area contributed by atoms with Gasteiger partial charge in [0.25, 0.3) is 0 Å². The van der Waals surface area contributed by atoms with Crippen molar-refractivity contribution in [3.8, 4) is 5.75 Å². The van der Waals surface area contributed by atoms with E-state index in [9.17, 15) is 23.1 Å². The zero-order chi connectivity index (χ0) is 18.0. The first-order chi connectivity index (χ1) is 11.8. The van der Waals surface area contributed by atoms with Crippen molar-refractivity contribution in [1.29, 1.82) is 0 Å². The van der Waals surface area contributed by atoms with Crippen LogP contribution in [0, 0.1) is 0 Å². The first-order valence-electron chi connectivity index (χ1n) is 7.46. The quantitative estimate of drug-likeness (QED) is 0.842. The number of benzene rings is 2. The maximum absolute atomic E-state index is 12.8. The predicted octanol–water partition coefficient (Wildman–Crippen LogP) is 4.91. The highest BCUT2D eigenvalue weighted by Gasteiger charge is 2.30. The van der Waals surface area contributed by atoms with Crippen molar-refractivity contribution in [1.82, 2.24) is 0 Å². The van der Waals surface area contributed by atoms with Crippen LogP contribution >= 0.6 is 0 Å². The number of allylic oxidation sites excluding steroid dienone is 5. The number of rotatable bonds is 2. The summed E-state index contributed by atoms with van der Waals surface area (Å²) in [6, 6.07) is 11.2. The Morgan fingerprint density at radius 3 is 1.72 bits per heavy atom. The SMILES string of the molecule is O=C1C=CC(=C(c2ccc(O)cc2)c2ccc(C(F)(F)F)cc2)C=C1. The zero-order valence-electron chi connectivity index (χ0n) is 12.9. The van der Waals surface area contributed by atoms with Crippen LogP contribution in [0.1, 0.15) is 16.7 Å². The van der Waals surface area contributed by atoms with E-state index in [-0.39, 0.29) is 11.5 Å². The number of aromatic hydroxyl groups is 1. The lowest BCUT2D eigenvalue weighted by Crippen LogP contribution is -2.05. The van der Waals surface area contributed by atoms with E-state index in [0.29, 0.717) is 16.7 Å². The van der Waals surface area contributed by atoms with Gasteiger partial charge in [0.1, 0.15) is 5.75 Å². The summed E-state index contributed by atoms with van der Waals surface area (Å²) in [6.45, 7) is 0. The normalized spacial score (nSPS) is 14.0. The molecule has 1 aliphatic carbocycles. The van der Waals surface area contributed by atoms with Crippen molar-refractivity contribution in [3.63, 3.8) is 0 Å². The van der Waals surface area contributed by atoms with E-state index < -0.39 is 11.7 Å². The highest BCUT2D eigenvalue weighted by molar-refractivity contribution is 6.03. The van der Waals surface area contributed by atoms with Crippen molar-refractivity contribution < 1.29 is 23.1 Å². The number of alkyl halides is 3. The molecule has 0 unspecified atom stereocenters. The molecule has 0 spiro atoms. The highest BCUT2D eigenvalue weighted by Crippen LogP contribution is 2.34. The first-order valence-corrected chi connectivity index (χ1v) is 7.46. The molecule has 0 amide bonds. The van der Waals surface area contributed by atoms with Crippen LogP contribution < -0.4 is 0 Å². The van der Waals surface area contributed by atoms with Gasteiger partial charge in [-0.1, -0.05) is 36.4 Å². The van der Waals surface area contributed by atoms with E-state index in [2.05, 4.69) is 0 Å². The van der Waals surface area contributed by atoms with Gasteiger partial charge in [0, 0.05) is 0 Å². The molecule has 0 saturated heterocycles. The maximum Gasteiger partial charge on any atom is 0.416 e. The highest BCUT2D eigenvalue weighted by atomic mass is 19.4. The monoisotopic (exact) mass is 342 g/mol. The summed E-state index contributed by atoms with van der Waals surface area (Å²) in [5.74, 6) is -0.0633. The Kier molecular flexibility index (Phi) is 4.31. The fraction of sp³-hybridized carbons (Fsp3) is 0.0500.